The number of esters is 1. The van der Waals surface area contributed by atoms with Crippen molar-refractivity contribution in [2.24, 2.45) is 5.92 Å². The van der Waals surface area contributed by atoms with Crippen LogP contribution in [0.2, 0.25) is 0 Å². The standard InChI is InChI=1S/C18H23NO6/c1-12(17(22)25-4)10-18(11-19,8-7-16(20)21)14-6-5-13(23-2)9-15(14)24-3/h5-6,9,12H,7-8,10H2,1-4H3,(H,20,21). The molecule has 7 nitrogen and oxygen atoms in total. The van der Waals surface area contributed by atoms with Gasteiger partial charge in [-0.1, -0.05) is 13.0 Å². The molecule has 1 rings (SSSR count). The molecule has 1 aromatic carbocycles. The first-order valence-electron chi connectivity index (χ1n) is 7.77. The van der Waals surface area contributed by atoms with Gasteiger partial charge in [-0.25, -0.2) is 0 Å². The highest BCUT2D eigenvalue weighted by atomic mass is 16.5. The summed E-state index contributed by atoms with van der Waals surface area (Å²) in [6.07, 6.45) is -0.0500. The van der Waals surface area contributed by atoms with Crippen molar-refractivity contribution in [3.63, 3.8) is 0 Å². The number of methoxy groups -OCH3 is 3. The molecule has 0 aliphatic carbocycles. The predicted molar refractivity (Wildman–Crippen MR) is 89.5 cm³/mol. The number of hydrogen-bond acceptors (Lipinski definition) is 6. The number of nitrogens with zero attached hydrogens (tertiary/aromatic N) is 1. The van der Waals surface area contributed by atoms with E-state index in [0.717, 1.165) is 0 Å². The normalized spacial score (nSPS) is 13.9. The van der Waals surface area contributed by atoms with E-state index in [0.29, 0.717) is 17.1 Å². The van der Waals surface area contributed by atoms with Gasteiger partial charge in [-0.15, -0.1) is 0 Å². The van der Waals surface area contributed by atoms with E-state index in [4.69, 9.17) is 19.3 Å². The fourth-order valence-corrected chi connectivity index (χ4v) is 2.83. The van der Waals surface area contributed by atoms with Crippen molar-refractivity contribution in [3.05, 3.63) is 23.8 Å². The molecular formula is C18H23NO6. The Bertz CT molecular complexity index is 666. The second kappa shape index (κ2) is 8.92. The molecule has 1 aromatic rings. The van der Waals surface area contributed by atoms with Gasteiger partial charge in [-0.05, 0) is 18.9 Å². The topological polar surface area (TPSA) is 106 Å². The molecule has 0 spiro atoms. The minimum absolute atomic E-state index is 0.0445. The minimum Gasteiger partial charge on any atom is -0.497 e. The van der Waals surface area contributed by atoms with Crippen LogP contribution < -0.4 is 9.47 Å². The lowest BCUT2D eigenvalue weighted by Gasteiger charge is -2.30. The van der Waals surface area contributed by atoms with Gasteiger partial charge in [0.25, 0.3) is 0 Å². The van der Waals surface area contributed by atoms with E-state index in [1.54, 1.807) is 25.1 Å². The van der Waals surface area contributed by atoms with Crippen LogP contribution in [0.15, 0.2) is 18.2 Å². The Morgan fingerprint density at radius 3 is 2.44 bits per heavy atom. The van der Waals surface area contributed by atoms with Crippen molar-refractivity contribution in [1.29, 1.82) is 5.26 Å². The Balaban J connectivity index is 3.41. The Hall–Kier alpha value is -2.75. The summed E-state index contributed by atoms with van der Waals surface area (Å²) in [7, 11) is 4.25. The van der Waals surface area contributed by atoms with Crippen molar-refractivity contribution in [1.82, 2.24) is 0 Å². The molecule has 0 aliphatic heterocycles. The number of carbonyl (C=O) groups excluding carboxylic acids is 1. The zero-order valence-electron chi connectivity index (χ0n) is 14.9. The summed E-state index contributed by atoms with van der Waals surface area (Å²) in [5.41, 5.74) is -0.681. The molecule has 2 atom stereocenters. The fraction of sp³-hybridized carbons (Fsp3) is 0.500. The molecule has 0 radical (unpaired) electrons. The van der Waals surface area contributed by atoms with Gasteiger partial charge in [0, 0.05) is 18.1 Å². The largest absolute Gasteiger partial charge is 0.497 e. The molecule has 7 heteroatoms. The van der Waals surface area contributed by atoms with Crippen LogP contribution in [0, 0.1) is 17.2 Å². The number of carbonyl (C=O) groups is 2. The maximum atomic E-state index is 11.8. The molecule has 0 aliphatic rings. The Kier molecular flexibility index (Phi) is 7.24. The quantitative estimate of drug-likeness (QED) is 0.683. The molecule has 0 amide bonds. The van der Waals surface area contributed by atoms with Crippen LogP contribution in [0.1, 0.15) is 31.7 Å². The van der Waals surface area contributed by atoms with E-state index in [1.165, 1.54) is 21.3 Å². The van der Waals surface area contributed by atoms with Crippen molar-refractivity contribution < 1.29 is 28.9 Å². The van der Waals surface area contributed by atoms with Gasteiger partial charge in [-0.3, -0.25) is 9.59 Å². The Morgan fingerprint density at radius 2 is 1.96 bits per heavy atom. The summed E-state index contributed by atoms with van der Waals surface area (Å²) < 4.78 is 15.3. The Morgan fingerprint density at radius 1 is 1.28 bits per heavy atom. The van der Waals surface area contributed by atoms with E-state index in [-0.39, 0.29) is 19.3 Å². The van der Waals surface area contributed by atoms with Crippen LogP contribution >= 0.6 is 0 Å². The smallest absolute Gasteiger partial charge is 0.308 e. The number of nitriles is 1. The summed E-state index contributed by atoms with van der Waals surface area (Å²) >= 11 is 0. The summed E-state index contributed by atoms with van der Waals surface area (Å²) in [5.74, 6) is -1.10. The second-order valence-electron chi connectivity index (χ2n) is 5.78. The van der Waals surface area contributed by atoms with E-state index in [9.17, 15) is 14.9 Å². The van der Waals surface area contributed by atoms with Gasteiger partial charge in [-0.2, -0.15) is 5.26 Å². The summed E-state index contributed by atoms with van der Waals surface area (Å²) in [4.78, 5) is 22.9. The number of carboxylic acids is 1. The number of benzene rings is 1. The van der Waals surface area contributed by atoms with Gasteiger partial charge < -0.3 is 19.3 Å². The molecule has 0 heterocycles. The van der Waals surface area contributed by atoms with Gasteiger partial charge >= 0.3 is 11.9 Å². The lowest BCUT2D eigenvalue weighted by Crippen LogP contribution is -2.31. The zero-order valence-corrected chi connectivity index (χ0v) is 14.9. The predicted octanol–water partition coefficient (Wildman–Crippen LogP) is 2.53. The van der Waals surface area contributed by atoms with Gasteiger partial charge in [0.05, 0.1) is 38.7 Å². The minimum atomic E-state index is -1.20. The van der Waals surface area contributed by atoms with Crippen LogP contribution in [0.3, 0.4) is 0 Å². The summed E-state index contributed by atoms with van der Waals surface area (Å²) in [6.45, 7) is 1.65. The van der Waals surface area contributed by atoms with E-state index in [2.05, 4.69) is 6.07 Å². The van der Waals surface area contributed by atoms with Crippen LogP contribution in [-0.4, -0.2) is 38.4 Å². The van der Waals surface area contributed by atoms with Gasteiger partial charge in [0.2, 0.25) is 0 Å². The van der Waals surface area contributed by atoms with Crippen molar-refractivity contribution in [2.45, 2.75) is 31.6 Å². The first-order valence-corrected chi connectivity index (χ1v) is 7.77. The number of carboxylic acid groups (broad SMARTS) is 1. The highest BCUT2D eigenvalue weighted by Gasteiger charge is 2.39. The molecule has 1 N–H and O–H groups in total. The van der Waals surface area contributed by atoms with Crippen molar-refractivity contribution in [2.75, 3.05) is 21.3 Å². The summed E-state index contributed by atoms with van der Waals surface area (Å²) in [6, 6.07) is 7.19. The van der Waals surface area contributed by atoms with Gasteiger partial charge in [0.1, 0.15) is 11.5 Å². The van der Waals surface area contributed by atoms with Crippen molar-refractivity contribution in [3.8, 4) is 17.6 Å². The van der Waals surface area contributed by atoms with E-state index in [1.807, 2.05) is 0 Å². The van der Waals surface area contributed by atoms with E-state index < -0.39 is 23.3 Å². The number of rotatable bonds is 9. The number of aliphatic carboxylic acids is 1. The van der Waals surface area contributed by atoms with Crippen LogP contribution in [-0.2, 0) is 19.7 Å². The monoisotopic (exact) mass is 349 g/mol. The zero-order chi connectivity index (χ0) is 19.0. The van der Waals surface area contributed by atoms with Crippen LogP contribution in [0.25, 0.3) is 0 Å². The second-order valence-corrected chi connectivity index (χ2v) is 5.78. The maximum Gasteiger partial charge on any atom is 0.308 e. The van der Waals surface area contributed by atoms with Crippen molar-refractivity contribution >= 4 is 11.9 Å². The third-order valence-electron chi connectivity index (χ3n) is 4.16. The highest BCUT2D eigenvalue weighted by Crippen LogP contribution is 2.42. The summed E-state index contributed by atoms with van der Waals surface area (Å²) in [5, 5.41) is 19.0. The maximum absolute atomic E-state index is 11.8. The average molecular weight is 349 g/mol. The molecule has 25 heavy (non-hydrogen) atoms. The lowest BCUT2D eigenvalue weighted by atomic mass is 9.71. The first-order chi connectivity index (χ1) is 11.8. The third-order valence-corrected chi connectivity index (χ3v) is 4.16. The average Bonchev–Trinajstić information content (AvgIpc) is 2.63. The fourth-order valence-electron chi connectivity index (χ4n) is 2.83. The highest BCUT2D eigenvalue weighted by molar-refractivity contribution is 5.72. The molecule has 0 aromatic heterocycles. The molecule has 0 saturated heterocycles. The first kappa shape index (κ1) is 20.3. The van der Waals surface area contributed by atoms with E-state index >= 15 is 0 Å². The molecule has 0 fully saturated rings. The molecule has 2 unspecified atom stereocenters. The number of ether oxygens (including phenoxy) is 3. The molecule has 136 valence electrons. The number of hydrogen-bond donors (Lipinski definition) is 1. The SMILES string of the molecule is COC(=O)C(C)CC(C#N)(CCC(=O)O)c1ccc(OC)cc1OC. The third kappa shape index (κ3) is 4.86. The molecular weight excluding hydrogens is 326 g/mol. The molecule has 0 saturated carbocycles. The molecule has 0 bridgehead atoms. The van der Waals surface area contributed by atoms with Crippen LogP contribution in [0.4, 0.5) is 0 Å². The van der Waals surface area contributed by atoms with Crippen LogP contribution in [0.5, 0.6) is 11.5 Å². The van der Waals surface area contributed by atoms with Gasteiger partial charge in [0.15, 0.2) is 0 Å². The lowest BCUT2D eigenvalue weighted by molar-refractivity contribution is -0.145. The Labute approximate surface area is 147 Å².